The Kier molecular flexibility index (Phi) is 6.14. The minimum absolute atomic E-state index is 0.00000964. The van der Waals surface area contributed by atoms with Gasteiger partial charge in [0.05, 0.1) is 17.9 Å². The summed E-state index contributed by atoms with van der Waals surface area (Å²) in [5.74, 6) is -1.41. The number of hydrogen-bond donors (Lipinski definition) is 2. The first-order valence-electron chi connectivity index (χ1n) is 8.98. The van der Waals surface area contributed by atoms with Gasteiger partial charge in [0, 0.05) is 19.0 Å². The van der Waals surface area contributed by atoms with Gasteiger partial charge in [-0.1, -0.05) is 29.4 Å². The van der Waals surface area contributed by atoms with Gasteiger partial charge in [0.2, 0.25) is 5.91 Å². The van der Waals surface area contributed by atoms with Crippen molar-refractivity contribution in [3.8, 4) is 0 Å². The molecule has 1 aliphatic heterocycles. The standard InChI is InChI=1S/C20H20ClF2N5OS/c1-19(10-20(2,17(29)25-3)30-18(24)28-19)12-6-11(4-5-13(12)22)7-14(23)15-8-27-16(21)9-26-15/h4-9H,10H2,1-3H3,(H2,24,28)(H,25,29)/b14-7-/t19-,20+/m0/s1. The van der Waals surface area contributed by atoms with E-state index < -0.39 is 21.9 Å². The summed E-state index contributed by atoms with van der Waals surface area (Å²) in [6, 6.07) is 4.17. The summed E-state index contributed by atoms with van der Waals surface area (Å²) in [5.41, 5.74) is 5.49. The number of nitrogens with two attached hydrogens (primary N) is 1. The second kappa shape index (κ2) is 8.31. The lowest BCUT2D eigenvalue weighted by atomic mass is 9.82. The highest BCUT2D eigenvalue weighted by Gasteiger charge is 2.47. The molecule has 3 rings (SSSR count). The highest BCUT2D eigenvalue weighted by Crippen LogP contribution is 2.46. The predicted molar refractivity (Wildman–Crippen MR) is 116 cm³/mol. The molecule has 2 atom stereocenters. The zero-order valence-corrected chi connectivity index (χ0v) is 18.1. The lowest BCUT2D eigenvalue weighted by molar-refractivity contribution is -0.123. The van der Waals surface area contributed by atoms with Crippen molar-refractivity contribution in [2.75, 3.05) is 7.05 Å². The third-order valence-corrected chi connectivity index (χ3v) is 6.08. The summed E-state index contributed by atoms with van der Waals surface area (Å²) in [6.45, 7) is 3.44. The van der Waals surface area contributed by atoms with Gasteiger partial charge in [0.15, 0.2) is 11.0 Å². The van der Waals surface area contributed by atoms with Gasteiger partial charge in [-0.25, -0.2) is 18.7 Å². The Morgan fingerprint density at radius 2 is 2.07 bits per heavy atom. The molecule has 0 radical (unpaired) electrons. The Hall–Kier alpha value is -2.52. The minimum Gasteiger partial charge on any atom is -0.378 e. The lowest BCUT2D eigenvalue weighted by Gasteiger charge is -2.40. The van der Waals surface area contributed by atoms with Crippen molar-refractivity contribution in [3.05, 3.63) is 58.4 Å². The molecule has 30 heavy (non-hydrogen) atoms. The number of nitrogens with one attached hydrogen (secondary N) is 1. The van der Waals surface area contributed by atoms with Crippen LogP contribution in [-0.2, 0) is 10.3 Å². The van der Waals surface area contributed by atoms with Crippen LogP contribution in [0.5, 0.6) is 0 Å². The molecule has 2 heterocycles. The van der Waals surface area contributed by atoms with E-state index in [-0.39, 0.29) is 33.9 Å². The van der Waals surface area contributed by atoms with Gasteiger partial charge >= 0.3 is 0 Å². The molecule has 1 aliphatic rings. The van der Waals surface area contributed by atoms with Crippen LogP contribution < -0.4 is 11.1 Å². The number of aliphatic imine (C=N–C) groups is 1. The number of hydrogen-bond acceptors (Lipinski definition) is 6. The van der Waals surface area contributed by atoms with E-state index >= 15 is 0 Å². The van der Waals surface area contributed by atoms with Gasteiger partial charge in [-0.3, -0.25) is 9.79 Å². The second-order valence-corrected chi connectivity index (χ2v) is 9.18. The molecule has 10 heteroatoms. The SMILES string of the molecule is CNC(=O)[C@@]1(C)C[C@@](C)(c2cc(/C=C(\F)c3cnc(Cl)cn3)ccc2F)N=C(N)S1. The Labute approximate surface area is 182 Å². The van der Waals surface area contributed by atoms with Gasteiger partial charge < -0.3 is 11.1 Å². The van der Waals surface area contributed by atoms with Crippen LogP contribution in [0.2, 0.25) is 5.15 Å². The molecule has 1 aromatic heterocycles. The summed E-state index contributed by atoms with van der Waals surface area (Å²) in [7, 11) is 1.53. The van der Waals surface area contributed by atoms with E-state index in [1.165, 1.54) is 43.7 Å². The minimum atomic E-state index is -1.11. The number of halogens is 3. The number of carbonyl (C=O) groups is 1. The molecular weight excluding hydrogens is 432 g/mol. The molecule has 1 aromatic carbocycles. The molecule has 2 aromatic rings. The molecule has 6 nitrogen and oxygen atoms in total. The number of rotatable bonds is 4. The molecule has 0 saturated heterocycles. The first-order chi connectivity index (χ1) is 14.1. The van der Waals surface area contributed by atoms with Crippen molar-refractivity contribution < 1.29 is 13.6 Å². The number of nitrogens with zero attached hydrogens (tertiary/aromatic N) is 3. The van der Waals surface area contributed by atoms with E-state index in [1.807, 2.05) is 0 Å². The molecule has 0 bridgehead atoms. The van der Waals surface area contributed by atoms with Crippen molar-refractivity contribution in [1.82, 2.24) is 15.3 Å². The van der Waals surface area contributed by atoms with Crippen LogP contribution >= 0.6 is 23.4 Å². The van der Waals surface area contributed by atoms with Gasteiger partial charge in [0.1, 0.15) is 21.4 Å². The van der Waals surface area contributed by atoms with Gasteiger partial charge in [-0.15, -0.1) is 0 Å². The number of carbonyl (C=O) groups excluding carboxylic acids is 1. The maximum absolute atomic E-state index is 14.8. The lowest BCUT2D eigenvalue weighted by Crippen LogP contribution is -2.49. The first kappa shape index (κ1) is 22.2. The summed E-state index contributed by atoms with van der Waals surface area (Å²) >= 11 is 6.81. The fourth-order valence-electron chi connectivity index (χ4n) is 3.48. The average Bonchev–Trinajstić information content (AvgIpc) is 2.68. The number of amides is 1. The van der Waals surface area contributed by atoms with Crippen LogP contribution in [0.3, 0.4) is 0 Å². The first-order valence-corrected chi connectivity index (χ1v) is 10.2. The van der Waals surface area contributed by atoms with Crippen molar-refractivity contribution in [3.63, 3.8) is 0 Å². The van der Waals surface area contributed by atoms with Crippen LogP contribution in [0.4, 0.5) is 8.78 Å². The second-order valence-electron chi connectivity index (χ2n) is 7.27. The van der Waals surface area contributed by atoms with Crippen LogP contribution in [-0.4, -0.2) is 32.8 Å². The highest BCUT2D eigenvalue weighted by atomic mass is 35.5. The monoisotopic (exact) mass is 451 g/mol. The largest absolute Gasteiger partial charge is 0.378 e. The summed E-state index contributed by atoms with van der Waals surface area (Å²) in [5, 5.41) is 2.94. The number of thioether (sulfide) groups is 1. The molecule has 1 amide bonds. The normalized spacial score (nSPS) is 24.3. The van der Waals surface area contributed by atoms with E-state index in [2.05, 4.69) is 20.3 Å². The Bertz CT molecular complexity index is 1050. The van der Waals surface area contributed by atoms with E-state index in [4.69, 9.17) is 17.3 Å². The zero-order chi connectivity index (χ0) is 22.1. The van der Waals surface area contributed by atoms with Crippen molar-refractivity contribution >= 4 is 46.3 Å². The Balaban J connectivity index is 2.02. The van der Waals surface area contributed by atoms with Crippen molar-refractivity contribution in [2.24, 2.45) is 10.7 Å². The molecule has 0 fully saturated rings. The van der Waals surface area contributed by atoms with Crippen LogP contribution in [0.25, 0.3) is 11.9 Å². The zero-order valence-electron chi connectivity index (χ0n) is 16.5. The maximum atomic E-state index is 14.8. The van der Waals surface area contributed by atoms with Crippen LogP contribution in [0.15, 0.2) is 35.6 Å². The third kappa shape index (κ3) is 4.46. The third-order valence-electron chi connectivity index (χ3n) is 4.80. The fraction of sp³-hybridized carbons (Fsp3) is 0.300. The highest BCUT2D eigenvalue weighted by molar-refractivity contribution is 8.15. The quantitative estimate of drug-likeness (QED) is 0.735. The summed E-state index contributed by atoms with van der Waals surface area (Å²) < 4.78 is 28.4. The Morgan fingerprint density at radius 3 is 2.70 bits per heavy atom. The molecule has 0 aliphatic carbocycles. The van der Waals surface area contributed by atoms with Gasteiger partial charge in [-0.2, -0.15) is 0 Å². The Morgan fingerprint density at radius 1 is 1.33 bits per heavy atom. The molecule has 3 N–H and O–H groups in total. The van der Waals surface area contributed by atoms with E-state index in [1.54, 1.807) is 13.8 Å². The van der Waals surface area contributed by atoms with Gasteiger partial charge in [-0.05, 0) is 37.6 Å². The molecule has 158 valence electrons. The molecule has 0 unspecified atom stereocenters. The number of amidine groups is 1. The summed E-state index contributed by atoms with van der Waals surface area (Å²) in [4.78, 5) is 24.5. The number of aromatic nitrogens is 2. The maximum Gasteiger partial charge on any atom is 0.236 e. The van der Waals surface area contributed by atoms with E-state index in [0.717, 1.165) is 11.8 Å². The smallest absolute Gasteiger partial charge is 0.236 e. The van der Waals surface area contributed by atoms with Crippen LogP contribution in [0.1, 0.15) is 37.1 Å². The van der Waals surface area contributed by atoms with E-state index in [0.29, 0.717) is 5.56 Å². The topological polar surface area (TPSA) is 93.3 Å². The summed E-state index contributed by atoms with van der Waals surface area (Å²) in [6.07, 6.45) is 3.86. The number of benzene rings is 1. The molecule has 0 spiro atoms. The fourth-order valence-corrected chi connectivity index (χ4v) is 4.83. The molecule has 0 saturated carbocycles. The molecular formula is C20H20ClF2N5OS. The van der Waals surface area contributed by atoms with Crippen molar-refractivity contribution in [2.45, 2.75) is 30.6 Å². The van der Waals surface area contributed by atoms with Crippen LogP contribution in [0, 0.1) is 5.82 Å². The van der Waals surface area contributed by atoms with Crippen molar-refractivity contribution in [1.29, 1.82) is 0 Å². The van der Waals surface area contributed by atoms with E-state index in [9.17, 15) is 13.6 Å². The predicted octanol–water partition coefficient (Wildman–Crippen LogP) is 3.91. The van der Waals surface area contributed by atoms with Gasteiger partial charge in [0.25, 0.3) is 0 Å². The average molecular weight is 452 g/mol.